The Labute approximate surface area is 104 Å². The monoisotopic (exact) mass is 239 g/mol. The van der Waals surface area contributed by atoms with Gasteiger partial charge in [-0.3, -0.25) is 0 Å². The van der Waals surface area contributed by atoms with Gasteiger partial charge in [-0.15, -0.1) is 0 Å². The second-order valence-corrected chi connectivity index (χ2v) is 4.74. The maximum Gasteiger partial charge on any atom is 0.0453 e. The fraction of sp³-hybridized carbons (Fsp3) is 0.571. The molecular weight excluding hydrogens is 218 g/mol. The molecule has 2 heteroatoms. The van der Waals surface area contributed by atoms with Crippen molar-refractivity contribution in [1.29, 1.82) is 0 Å². The summed E-state index contributed by atoms with van der Waals surface area (Å²) in [6.07, 6.45) is 5.22. The third-order valence-electron chi connectivity index (χ3n) is 2.73. The van der Waals surface area contributed by atoms with E-state index in [2.05, 4.69) is 31.3 Å². The van der Waals surface area contributed by atoms with Crippen molar-refractivity contribution in [3.05, 3.63) is 34.3 Å². The van der Waals surface area contributed by atoms with E-state index in [0.717, 1.165) is 18.1 Å². The molecule has 0 radical (unpaired) electrons. The molecule has 0 amide bonds. The van der Waals surface area contributed by atoms with E-state index in [1.54, 1.807) is 0 Å². The molecule has 0 bridgehead atoms. The second kappa shape index (κ2) is 7.70. The molecule has 1 N–H and O–H groups in total. The predicted molar refractivity (Wildman–Crippen MR) is 72.0 cm³/mol. The second-order valence-electron chi connectivity index (χ2n) is 4.33. The van der Waals surface area contributed by atoms with E-state index in [0.29, 0.717) is 0 Å². The number of nitrogens with one attached hydrogen (secondary N) is 1. The van der Waals surface area contributed by atoms with Gasteiger partial charge in [-0.05, 0) is 37.1 Å². The quantitative estimate of drug-likeness (QED) is 0.699. The molecule has 1 rings (SSSR count). The van der Waals surface area contributed by atoms with E-state index in [1.807, 2.05) is 6.07 Å². The van der Waals surface area contributed by atoms with Crippen LogP contribution >= 0.6 is 11.6 Å². The van der Waals surface area contributed by atoms with Gasteiger partial charge in [0.15, 0.2) is 0 Å². The summed E-state index contributed by atoms with van der Waals surface area (Å²) in [5, 5.41) is 4.31. The van der Waals surface area contributed by atoms with Crippen LogP contribution in [0.1, 0.15) is 43.7 Å². The first-order valence-corrected chi connectivity index (χ1v) is 6.57. The van der Waals surface area contributed by atoms with Gasteiger partial charge in [0, 0.05) is 11.6 Å². The molecule has 0 aliphatic carbocycles. The summed E-state index contributed by atoms with van der Waals surface area (Å²) in [7, 11) is 0. The molecule has 0 saturated heterocycles. The minimum Gasteiger partial charge on any atom is -0.313 e. The highest BCUT2D eigenvalue weighted by Gasteiger charge is 1.99. The normalized spacial score (nSPS) is 10.7. The van der Waals surface area contributed by atoms with E-state index in [-0.39, 0.29) is 0 Å². The van der Waals surface area contributed by atoms with Crippen LogP contribution in [0.5, 0.6) is 0 Å². The van der Waals surface area contributed by atoms with Crippen LogP contribution in [-0.2, 0) is 6.54 Å². The summed E-state index contributed by atoms with van der Waals surface area (Å²) in [4.78, 5) is 0. The number of hydrogen-bond donors (Lipinski definition) is 1. The van der Waals surface area contributed by atoms with Crippen LogP contribution in [0.4, 0.5) is 0 Å². The third-order valence-corrected chi connectivity index (χ3v) is 3.08. The summed E-state index contributed by atoms with van der Waals surface area (Å²) in [6, 6.07) is 6.24. The van der Waals surface area contributed by atoms with Gasteiger partial charge in [-0.25, -0.2) is 0 Å². The van der Waals surface area contributed by atoms with Crippen molar-refractivity contribution in [1.82, 2.24) is 5.32 Å². The lowest BCUT2D eigenvalue weighted by molar-refractivity contribution is 0.598. The number of unbranched alkanes of at least 4 members (excludes halogenated alkanes) is 3. The first-order chi connectivity index (χ1) is 7.74. The largest absolute Gasteiger partial charge is 0.313 e. The van der Waals surface area contributed by atoms with Crippen molar-refractivity contribution in [2.75, 3.05) is 6.54 Å². The minimum absolute atomic E-state index is 0.876. The molecule has 16 heavy (non-hydrogen) atoms. The standard InChI is InChI=1S/C14H22ClN/c1-3-4-5-6-9-16-11-13-8-7-12(2)10-14(13)15/h7-8,10,16H,3-6,9,11H2,1-2H3. The van der Waals surface area contributed by atoms with Gasteiger partial charge in [-0.1, -0.05) is 49.9 Å². The topological polar surface area (TPSA) is 12.0 Å². The lowest BCUT2D eigenvalue weighted by atomic mass is 10.1. The Balaban J connectivity index is 2.21. The van der Waals surface area contributed by atoms with Crippen LogP contribution < -0.4 is 5.32 Å². The fourth-order valence-corrected chi connectivity index (χ4v) is 2.00. The highest BCUT2D eigenvalue weighted by Crippen LogP contribution is 2.17. The van der Waals surface area contributed by atoms with Gasteiger partial charge >= 0.3 is 0 Å². The maximum atomic E-state index is 6.15. The SMILES string of the molecule is CCCCCCNCc1ccc(C)cc1Cl. The fourth-order valence-electron chi connectivity index (χ4n) is 1.70. The van der Waals surface area contributed by atoms with Gasteiger partial charge in [0.1, 0.15) is 0 Å². The van der Waals surface area contributed by atoms with E-state index in [9.17, 15) is 0 Å². The molecule has 0 unspecified atom stereocenters. The van der Waals surface area contributed by atoms with Crippen LogP contribution in [-0.4, -0.2) is 6.54 Å². The molecule has 0 atom stereocenters. The predicted octanol–water partition coefficient (Wildman–Crippen LogP) is 4.32. The number of aryl methyl sites for hydroxylation is 1. The Morgan fingerprint density at radius 1 is 1.19 bits per heavy atom. The molecular formula is C14H22ClN. The summed E-state index contributed by atoms with van der Waals surface area (Å²) >= 11 is 6.15. The first-order valence-electron chi connectivity index (χ1n) is 6.19. The van der Waals surface area contributed by atoms with Crippen molar-refractivity contribution in [3.63, 3.8) is 0 Å². The van der Waals surface area contributed by atoms with E-state index in [1.165, 1.54) is 36.8 Å². The molecule has 0 heterocycles. The van der Waals surface area contributed by atoms with E-state index >= 15 is 0 Å². The molecule has 1 nitrogen and oxygen atoms in total. The summed E-state index contributed by atoms with van der Waals surface area (Å²) < 4.78 is 0. The van der Waals surface area contributed by atoms with Crippen LogP contribution in [0, 0.1) is 6.92 Å². The van der Waals surface area contributed by atoms with Gasteiger partial charge in [0.2, 0.25) is 0 Å². The van der Waals surface area contributed by atoms with Crippen molar-refractivity contribution < 1.29 is 0 Å². The third kappa shape index (κ3) is 5.00. The average Bonchev–Trinajstić information content (AvgIpc) is 2.26. The van der Waals surface area contributed by atoms with Crippen molar-refractivity contribution in [3.8, 4) is 0 Å². The number of halogens is 1. The Morgan fingerprint density at radius 2 is 2.00 bits per heavy atom. The zero-order chi connectivity index (χ0) is 11.8. The summed E-state index contributed by atoms with van der Waals surface area (Å²) in [6.45, 7) is 6.27. The maximum absolute atomic E-state index is 6.15. The Bertz CT molecular complexity index is 310. The van der Waals surface area contributed by atoms with Crippen LogP contribution in [0.2, 0.25) is 5.02 Å². The van der Waals surface area contributed by atoms with Gasteiger partial charge < -0.3 is 5.32 Å². The van der Waals surface area contributed by atoms with Gasteiger partial charge in [-0.2, -0.15) is 0 Å². The molecule has 0 spiro atoms. The highest BCUT2D eigenvalue weighted by molar-refractivity contribution is 6.31. The Hall–Kier alpha value is -0.530. The molecule has 90 valence electrons. The zero-order valence-corrected chi connectivity index (χ0v) is 11.1. The molecule has 0 aliphatic heterocycles. The van der Waals surface area contributed by atoms with Crippen molar-refractivity contribution in [2.24, 2.45) is 0 Å². The van der Waals surface area contributed by atoms with Crippen LogP contribution in [0.3, 0.4) is 0 Å². The average molecular weight is 240 g/mol. The van der Waals surface area contributed by atoms with Gasteiger partial charge in [0.05, 0.1) is 0 Å². The molecule has 0 aliphatic rings. The van der Waals surface area contributed by atoms with E-state index in [4.69, 9.17) is 11.6 Å². The first kappa shape index (κ1) is 13.5. The number of hydrogen-bond acceptors (Lipinski definition) is 1. The Kier molecular flexibility index (Phi) is 6.51. The number of benzene rings is 1. The Morgan fingerprint density at radius 3 is 2.69 bits per heavy atom. The van der Waals surface area contributed by atoms with Crippen molar-refractivity contribution in [2.45, 2.75) is 46.1 Å². The van der Waals surface area contributed by atoms with Crippen LogP contribution in [0.15, 0.2) is 18.2 Å². The summed E-state index contributed by atoms with van der Waals surface area (Å²) in [5.41, 5.74) is 2.42. The number of rotatable bonds is 7. The highest BCUT2D eigenvalue weighted by atomic mass is 35.5. The molecule has 0 saturated carbocycles. The minimum atomic E-state index is 0.876. The summed E-state index contributed by atoms with van der Waals surface area (Å²) in [5.74, 6) is 0. The zero-order valence-electron chi connectivity index (χ0n) is 10.4. The molecule has 0 fully saturated rings. The molecule has 0 aromatic heterocycles. The smallest absolute Gasteiger partial charge is 0.0453 e. The lowest BCUT2D eigenvalue weighted by Crippen LogP contribution is -2.14. The van der Waals surface area contributed by atoms with Crippen molar-refractivity contribution >= 4 is 11.6 Å². The lowest BCUT2D eigenvalue weighted by Gasteiger charge is -2.07. The van der Waals surface area contributed by atoms with E-state index < -0.39 is 0 Å². The van der Waals surface area contributed by atoms with Gasteiger partial charge in [0.25, 0.3) is 0 Å². The molecule has 1 aromatic carbocycles. The molecule has 1 aromatic rings. The van der Waals surface area contributed by atoms with Crippen LogP contribution in [0.25, 0.3) is 0 Å².